The van der Waals surface area contributed by atoms with Crippen molar-refractivity contribution < 1.29 is 4.79 Å². The molecule has 1 saturated heterocycles. The molecule has 0 unspecified atom stereocenters. The first kappa shape index (κ1) is 20.8. The third kappa shape index (κ3) is 5.36. The predicted molar refractivity (Wildman–Crippen MR) is 124 cm³/mol. The van der Waals surface area contributed by atoms with E-state index >= 15 is 0 Å². The summed E-state index contributed by atoms with van der Waals surface area (Å²) in [5, 5.41) is 4.97. The van der Waals surface area contributed by atoms with E-state index in [2.05, 4.69) is 75.8 Å². The van der Waals surface area contributed by atoms with Crippen molar-refractivity contribution in [3.8, 4) is 0 Å². The lowest BCUT2D eigenvalue weighted by Crippen LogP contribution is -2.48. The second-order valence-corrected chi connectivity index (χ2v) is 8.64. The fourth-order valence-electron chi connectivity index (χ4n) is 4.13. The molecule has 0 radical (unpaired) electrons. The highest BCUT2D eigenvalue weighted by molar-refractivity contribution is 7.12. The van der Waals surface area contributed by atoms with Gasteiger partial charge in [-0.1, -0.05) is 66.7 Å². The van der Waals surface area contributed by atoms with Gasteiger partial charge in [0.2, 0.25) is 0 Å². The molecule has 0 bridgehead atoms. The molecule has 1 aliphatic rings. The normalized spacial score (nSPS) is 15.4. The molecule has 30 heavy (non-hydrogen) atoms. The fourth-order valence-corrected chi connectivity index (χ4v) is 4.77. The van der Waals surface area contributed by atoms with Crippen LogP contribution in [0.15, 0.2) is 78.2 Å². The number of benzene rings is 2. The number of rotatable bonds is 8. The van der Waals surface area contributed by atoms with Crippen molar-refractivity contribution in [3.63, 3.8) is 0 Å². The van der Waals surface area contributed by atoms with Crippen LogP contribution in [-0.2, 0) is 0 Å². The van der Waals surface area contributed by atoms with E-state index in [4.69, 9.17) is 0 Å². The molecule has 156 valence electrons. The smallest absolute Gasteiger partial charge is 0.261 e. The molecule has 0 aliphatic carbocycles. The minimum atomic E-state index is 0.0448. The summed E-state index contributed by atoms with van der Waals surface area (Å²) < 4.78 is 0. The van der Waals surface area contributed by atoms with E-state index in [1.54, 1.807) is 0 Å². The number of amides is 1. The lowest BCUT2D eigenvalue weighted by atomic mass is 9.96. The van der Waals surface area contributed by atoms with Crippen LogP contribution in [0, 0.1) is 0 Å². The Bertz CT molecular complexity index is 851. The molecule has 1 fully saturated rings. The van der Waals surface area contributed by atoms with Crippen LogP contribution < -0.4 is 5.32 Å². The van der Waals surface area contributed by atoms with Gasteiger partial charge in [-0.3, -0.25) is 9.69 Å². The highest BCUT2D eigenvalue weighted by Gasteiger charge is 2.26. The summed E-state index contributed by atoms with van der Waals surface area (Å²) in [5.74, 6) is 0.0448. The fraction of sp³-hybridized carbons (Fsp3) is 0.320. The van der Waals surface area contributed by atoms with Crippen molar-refractivity contribution in [2.45, 2.75) is 12.5 Å². The van der Waals surface area contributed by atoms with Gasteiger partial charge in [-0.25, -0.2) is 0 Å². The van der Waals surface area contributed by atoms with Gasteiger partial charge in [-0.05, 0) is 35.5 Å². The Morgan fingerprint density at radius 3 is 2.07 bits per heavy atom. The van der Waals surface area contributed by atoms with Crippen molar-refractivity contribution in [2.24, 2.45) is 0 Å². The van der Waals surface area contributed by atoms with Crippen LogP contribution in [-0.4, -0.2) is 55.0 Å². The van der Waals surface area contributed by atoms with Crippen LogP contribution in [0.1, 0.15) is 33.3 Å². The first-order valence-corrected chi connectivity index (χ1v) is 11.6. The number of nitrogens with zero attached hydrogens (tertiary/aromatic N) is 2. The highest BCUT2D eigenvalue weighted by Crippen LogP contribution is 2.29. The quantitative estimate of drug-likeness (QED) is 0.554. The Kier molecular flexibility index (Phi) is 7.29. The van der Waals surface area contributed by atoms with Gasteiger partial charge in [0.1, 0.15) is 0 Å². The van der Waals surface area contributed by atoms with Crippen LogP contribution in [0.2, 0.25) is 0 Å². The Morgan fingerprint density at radius 1 is 0.867 bits per heavy atom. The van der Waals surface area contributed by atoms with Gasteiger partial charge in [-0.2, -0.15) is 0 Å². The predicted octanol–water partition coefficient (Wildman–Crippen LogP) is 4.28. The van der Waals surface area contributed by atoms with Crippen LogP contribution in [0.3, 0.4) is 0 Å². The zero-order valence-electron chi connectivity index (χ0n) is 17.2. The van der Waals surface area contributed by atoms with E-state index in [-0.39, 0.29) is 5.91 Å². The summed E-state index contributed by atoms with van der Waals surface area (Å²) in [4.78, 5) is 17.9. The first-order chi connectivity index (χ1) is 14.8. The third-order valence-corrected chi connectivity index (χ3v) is 6.55. The monoisotopic (exact) mass is 419 g/mol. The van der Waals surface area contributed by atoms with Gasteiger partial charge >= 0.3 is 0 Å². The van der Waals surface area contributed by atoms with Gasteiger partial charge in [0, 0.05) is 32.7 Å². The Labute approximate surface area is 183 Å². The van der Waals surface area contributed by atoms with Crippen LogP contribution in [0.4, 0.5) is 0 Å². The van der Waals surface area contributed by atoms with Crippen molar-refractivity contribution >= 4 is 17.2 Å². The maximum atomic E-state index is 12.0. The van der Waals surface area contributed by atoms with Gasteiger partial charge in [0.25, 0.3) is 5.91 Å². The molecule has 1 aromatic heterocycles. The molecule has 1 N–H and O–H groups in total. The SMILES string of the molecule is O=C(NCCCN1CCN(C(c2ccccc2)c2ccccc2)CC1)c1cccs1. The Morgan fingerprint density at radius 2 is 1.50 bits per heavy atom. The number of hydrogen-bond acceptors (Lipinski definition) is 4. The molecule has 2 heterocycles. The first-order valence-electron chi connectivity index (χ1n) is 10.7. The third-order valence-electron chi connectivity index (χ3n) is 5.68. The van der Waals surface area contributed by atoms with Crippen LogP contribution >= 0.6 is 11.3 Å². The lowest BCUT2D eigenvalue weighted by molar-refractivity contribution is 0.0945. The highest BCUT2D eigenvalue weighted by atomic mass is 32.1. The van der Waals surface area contributed by atoms with E-state index in [1.807, 2.05) is 17.5 Å². The zero-order chi connectivity index (χ0) is 20.6. The molecule has 1 amide bonds. The van der Waals surface area contributed by atoms with E-state index in [1.165, 1.54) is 22.5 Å². The molecule has 0 atom stereocenters. The standard InChI is InChI=1S/C25H29N3OS/c29-25(23-13-7-20-30-23)26-14-8-15-27-16-18-28(19-17-27)24(21-9-3-1-4-10-21)22-11-5-2-6-12-22/h1-7,9-13,20,24H,8,14-19H2,(H,26,29). The van der Waals surface area contributed by atoms with E-state index in [9.17, 15) is 4.79 Å². The summed E-state index contributed by atoms with van der Waals surface area (Å²) in [6.07, 6.45) is 0.984. The maximum absolute atomic E-state index is 12.0. The molecular formula is C25H29N3OS. The lowest BCUT2D eigenvalue weighted by Gasteiger charge is -2.39. The summed E-state index contributed by atoms with van der Waals surface area (Å²) in [6, 6.07) is 25.7. The summed E-state index contributed by atoms with van der Waals surface area (Å²) in [6.45, 7) is 5.99. The Balaban J connectivity index is 1.28. The molecule has 2 aromatic carbocycles. The summed E-state index contributed by atoms with van der Waals surface area (Å²) in [7, 11) is 0. The van der Waals surface area contributed by atoms with Crippen molar-refractivity contribution in [2.75, 3.05) is 39.3 Å². The molecule has 0 saturated carbocycles. The van der Waals surface area contributed by atoms with Gasteiger partial charge in [0.05, 0.1) is 10.9 Å². The minimum absolute atomic E-state index is 0.0448. The molecule has 3 aromatic rings. The second-order valence-electron chi connectivity index (χ2n) is 7.69. The van der Waals surface area contributed by atoms with Crippen molar-refractivity contribution in [1.82, 2.24) is 15.1 Å². The van der Waals surface area contributed by atoms with E-state index in [0.717, 1.165) is 50.6 Å². The minimum Gasteiger partial charge on any atom is -0.351 e. The number of hydrogen-bond donors (Lipinski definition) is 1. The number of thiophene rings is 1. The summed E-state index contributed by atoms with van der Waals surface area (Å²) >= 11 is 1.49. The van der Waals surface area contributed by atoms with Gasteiger partial charge < -0.3 is 10.2 Å². The van der Waals surface area contributed by atoms with E-state index in [0.29, 0.717) is 6.04 Å². The molecule has 1 aliphatic heterocycles. The van der Waals surface area contributed by atoms with E-state index < -0.39 is 0 Å². The second kappa shape index (κ2) is 10.5. The molecule has 4 rings (SSSR count). The van der Waals surface area contributed by atoms with Crippen molar-refractivity contribution in [3.05, 3.63) is 94.2 Å². The van der Waals surface area contributed by atoms with Crippen LogP contribution in [0.25, 0.3) is 0 Å². The maximum Gasteiger partial charge on any atom is 0.261 e. The molecular weight excluding hydrogens is 390 g/mol. The summed E-state index contributed by atoms with van der Waals surface area (Å²) in [5.41, 5.74) is 2.71. The number of piperazine rings is 1. The van der Waals surface area contributed by atoms with Gasteiger partial charge in [0.15, 0.2) is 0 Å². The largest absolute Gasteiger partial charge is 0.351 e. The Hall–Kier alpha value is -2.47. The molecule has 4 nitrogen and oxygen atoms in total. The van der Waals surface area contributed by atoms with Crippen molar-refractivity contribution in [1.29, 1.82) is 0 Å². The molecule has 0 spiro atoms. The molecule has 5 heteroatoms. The average Bonchev–Trinajstić information content (AvgIpc) is 3.34. The number of nitrogens with one attached hydrogen (secondary N) is 1. The zero-order valence-corrected chi connectivity index (χ0v) is 18.1. The van der Waals surface area contributed by atoms with Crippen LogP contribution in [0.5, 0.6) is 0 Å². The number of carbonyl (C=O) groups excluding carboxylic acids is 1. The number of carbonyl (C=O) groups is 1. The average molecular weight is 420 g/mol. The van der Waals surface area contributed by atoms with Gasteiger partial charge in [-0.15, -0.1) is 11.3 Å². The topological polar surface area (TPSA) is 35.6 Å².